The number of nitrogens with one attached hydrogen (secondary N) is 1. The highest BCUT2D eigenvalue weighted by Gasteiger charge is 2.25. The van der Waals surface area contributed by atoms with Crippen LogP contribution in [-0.4, -0.2) is 35.8 Å². The fourth-order valence-corrected chi connectivity index (χ4v) is 2.79. The Morgan fingerprint density at radius 3 is 2.57 bits per heavy atom. The first kappa shape index (κ1) is 15.3. The Balaban J connectivity index is 1.95. The van der Waals surface area contributed by atoms with Crippen molar-refractivity contribution in [2.24, 2.45) is 5.73 Å². The van der Waals surface area contributed by atoms with E-state index >= 15 is 0 Å². The van der Waals surface area contributed by atoms with E-state index < -0.39 is 5.91 Å². The summed E-state index contributed by atoms with van der Waals surface area (Å²) < 4.78 is 0. The maximum absolute atomic E-state index is 12.1. The maximum Gasteiger partial charge on any atom is 0.238 e. The van der Waals surface area contributed by atoms with Gasteiger partial charge in [0.05, 0.1) is 13.1 Å². The number of nitrogens with two attached hydrogens (primary N) is 2. The smallest absolute Gasteiger partial charge is 0.238 e. The molecular weight excluding hydrogens is 268 g/mol. The van der Waals surface area contributed by atoms with Crippen LogP contribution in [0.3, 0.4) is 0 Å². The predicted octanol–water partition coefficient (Wildman–Crippen LogP) is 0.937. The number of anilines is 2. The minimum absolute atomic E-state index is 0.120. The number of carbonyl (C=O) groups excluding carboxylic acids is 2. The number of carbonyl (C=O) groups is 2. The van der Waals surface area contributed by atoms with Crippen molar-refractivity contribution in [1.82, 2.24) is 4.90 Å². The van der Waals surface area contributed by atoms with Crippen LogP contribution in [0.5, 0.6) is 0 Å². The van der Waals surface area contributed by atoms with E-state index in [0.29, 0.717) is 11.4 Å². The minimum Gasteiger partial charge on any atom is -0.399 e. The van der Waals surface area contributed by atoms with Crippen LogP contribution < -0.4 is 16.8 Å². The molecule has 1 aromatic rings. The van der Waals surface area contributed by atoms with Crippen molar-refractivity contribution in [1.29, 1.82) is 0 Å². The second-order valence-electron chi connectivity index (χ2n) is 5.48. The molecule has 0 bridgehead atoms. The second-order valence-corrected chi connectivity index (χ2v) is 5.48. The summed E-state index contributed by atoms with van der Waals surface area (Å²) in [6.07, 6.45) is 4.30. The molecule has 0 unspecified atom stereocenters. The number of rotatable bonds is 6. The lowest BCUT2D eigenvalue weighted by molar-refractivity contribution is -0.122. The lowest BCUT2D eigenvalue weighted by Crippen LogP contribution is -2.44. The summed E-state index contributed by atoms with van der Waals surface area (Å²) in [4.78, 5) is 25.2. The molecule has 6 heteroatoms. The van der Waals surface area contributed by atoms with Gasteiger partial charge < -0.3 is 16.8 Å². The summed E-state index contributed by atoms with van der Waals surface area (Å²) in [5, 5.41) is 2.80. The third kappa shape index (κ3) is 4.75. The van der Waals surface area contributed by atoms with Gasteiger partial charge in [0.2, 0.25) is 11.8 Å². The Morgan fingerprint density at radius 1 is 1.24 bits per heavy atom. The van der Waals surface area contributed by atoms with E-state index in [0.717, 1.165) is 25.7 Å². The molecule has 0 aliphatic heterocycles. The fraction of sp³-hybridized carbons (Fsp3) is 0.467. The molecule has 0 saturated heterocycles. The van der Waals surface area contributed by atoms with Crippen molar-refractivity contribution in [3.8, 4) is 0 Å². The summed E-state index contributed by atoms with van der Waals surface area (Å²) in [6.45, 7) is 0.289. The monoisotopic (exact) mass is 290 g/mol. The first-order valence-electron chi connectivity index (χ1n) is 7.22. The van der Waals surface area contributed by atoms with Gasteiger partial charge in [-0.3, -0.25) is 14.5 Å². The average molecular weight is 290 g/mol. The molecule has 0 heterocycles. The quantitative estimate of drug-likeness (QED) is 0.678. The van der Waals surface area contributed by atoms with Crippen molar-refractivity contribution in [3.63, 3.8) is 0 Å². The van der Waals surface area contributed by atoms with Gasteiger partial charge in [0, 0.05) is 17.4 Å². The number of hydrogen-bond donors (Lipinski definition) is 3. The first-order valence-corrected chi connectivity index (χ1v) is 7.22. The Labute approximate surface area is 124 Å². The Bertz CT molecular complexity index is 512. The Morgan fingerprint density at radius 2 is 1.95 bits per heavy atom. The molecule has 1 aromatic carbocycles. The molecule has 1 aliphatic rings. The Hall–Kier alpha value is -2.08. The number of nitrogens with zero attached hydrogens (tertiary/aromatic N) is 1. The summed E-state index contributed by atoms with van der Waals surface area (Å²) in [5.74, 6) is -0.563. The molecule has 0 atom stereocenters. The molecule has 1 fully saturated rings. The highest BCUT2D eigenvalue weighted by Crippen LogP contribution is 2.23. The van der Waals surface area contributed by atoms with Crippen molar-refractivity contribution >= 4 is 23.2 Å². The lowest BCUT2D eigenvalue weighted by Gasteiger charge is -2.26. The van der Waals surface area contributed by atoms with Crippen LogP contribution in [0.15, 0.2) is 24.3 Å². The van der Waals surface area contributed by atoms with Gasteiger partial charge in [0.1, 0.15) is 0 Å². The van der Waals surface area contributed by atoms with Crippen LogP contribution in [0.1, 0.15) is 25.7 Å². The molecule has 114 valence electrons. The molecule has 0 spiro atoms. The zero-order chi connectivity index (χ0) is 15.2. The van der Waals surface area contributed by atoms with Crippen molar-refractivity contribution in [2.75, 3.05) is 24.1 Å². The van der Waals surface area contributed by atoms with Crippen LogP contribution in [0.4, 0.5) is 11.4 Å². The van der Waals surface area contributed by atoms with Crippen LogP contribution >= 0.6 is 0 Å². The minimum atomic E-state index is -0.404. The van der Waals surface area contributed by atoms with Crippen LogP contribution in [0.25, 0.3) is 0 Å². The van der Waals surface area contributed by atoms with Gasteiger partial charge in [-0.05, 0) is 31.0 Å². The summed E-state index contributed by atoms with van der Waals surface area (Å²) in [6, 6.07) is 7.29. The largest absolute Gasteiger partial charge is 0.399 e. The van der Waals surface area contributed by atoms with Gasteiger partial charge in [-0.15, -0.1) is 0 Å². The number of benzene rings is 1. The third-order valence-electron chi connectivity index (χ3n) is 3.72. The van der Waals surface area contributed by atoms with Crippen molar-refractivity contribution < 1.29 is 9.59 Å². The topological polar surface area (TPSA) is 101 Å². The van der Waals surface area contributed by atoms with Crippen molar-refractivity contribution in [3.05, 3.63) is 24.3 Å². The van der Waals surface area contributed by atoms with Crippen LogP contribution in [0.2, 0.25) is 0 Å². The van der Waals surface area contributed by atoms with E-state index in [4.69, 9.17) is 11.5 Å². The molecule has 6 nitrogen and oxygen atoms in total. The van der Waals surface area contributed by atoms with E-state index in [1.54, 1.807) is 24.3 Å². The zero-order valence-corrected chi connectivity index (χ0v) is 12.0. The van der Waals surface area contributed by atoms with E-state index in [2.05, 4.69) is 5.32 Å². The molecule has 2 rings (SSSR count). The van der Waals surface area contributed by atoms with E-state index in [1.165, 1.54) is 0 Å². The van der Waals surface area contributed by atoms with Gasteiger partial charge in [-0.1, -0.05) is 18.9 Å². The van der Waals surface area contributed by atoms with Crippen molar-refractivity contribution in [2.45, 2.75) is 31.7 Å². The molecule has 1 saturated carbocycles. The predicted molar refractivity (Wildman–Crippen MR) is 82.5 cm³/mol. The number of nitrogen functional groups attached to an aromatic ring is 1. The molecule has 2 amide bonds. The number of primary amides is 1. The fourth-order valence-electron chi connectivity index (χ4n) is 2.79. The summed E-state index contributed by atoms with van der Waals surface area (Å²) >= 11 is 0. The summed E-state index contributed by atoms with van der Waals surface area (Å²) in [5.41, 5.74) is 12.2. The van der Waals surface area contributed by atoms with E-state index in [1.807, 2.05) is 4.90 Å². The Kier molecular flexibility index (Phi) is 5.16. The zero-order valence-electron chi connectivity index (χ0n) is 12.0. The van der Waals surface area contributed by atoms with E-state index in [-0.39, 0.29) is 25.0 Å². The molecule has 1 aliphatic carbocycles. The highest BCUT2D eigenvalue weighted by atomic mass is 16.2. The number of hydrogen-bond acceptors (Lipinski definition) is 4. The molecule has 0 aromatic heterocycles. The first-order chi connectivity index (χ1) is 10.0. The molecule has 0 radical (unpaired) electrons. The van der Waals surface area contributed by atoms with Crippen LogP contribution in [0, 0.1) is 0 Å². The molecular formula is C15H22N4O2. The highest BCUT2D eigenvalue weighted by molar-refractivity contribution is 5.93. The standard InChI is InChI=1S/C15H22N4O2/c16-11-4-3-5-12(8-11)18-15(21)10-19(9-14(17)20)13-6-1-2-7-13/h3-5,8,13H,1-2,6-7,9-10,16H2,(H2,17,20)(H,18,21). The van der Waals surface area contributed by atoms with Gasteiger partial charge in [-0.25, -0.2) is 0 Å². The van der Waals surface area contributed by atoms with E-state index in [9.17, 15) is 9.59 Å². The van der Waals surface area contributed by atoms with Crippen LogP contribution in [-0.2, 0) is 9.59 Å². The molecule has 21 heavy (non-hydrogen) atoms. The third-order valence-corrected chi connectivity index (χ3v) is 3.72. The number of amides is 2. The van der Waals surface area contributed by atoms with Gasteiger partial charge in [-0.2, -0.15) is 0 Å². The van der Waals surface area contributed by atoms with Gasteiger partial charge in [0.15, 0.2) is 0 Å². The second kappa shape index (κ2) is 7.08. The maximum atomic E-state index is 12.1. The van der Waals surface area contributed by atoms with Gasteiger partial charge in [0.25, 0.3) is 0 Å². The molecule has 5 N–H and O–H groups in total. The normalized spacial score (nSPS) is 15.3. The average Bonchev–Trinajstić information content (AvgIpc) is 2.91. The SMILES string of the molecule is NC(=O)CN(CC(=O)Nc1cccc(N)c1)C1CCCC1. The summed E-state index contributed by atoms with van der Waals surface area (Å²) in [7, 11) is 0. The van der Waals surface area contributed by atoms with Gasteiger partial charge >= 0.3 is 0 Å². The lowest BCUT2D eigenvalue weighted by atomic mass is 10.2.